The van der Waals surface area contributed by atoms with E-state index in [9.17, 15) is 31.5 Å². The van der Waals surface area contributed by atoms with Crippen molar-refractivity contribution in [1.29, 1.82) is 0 Å². The molecule has 1 aliphatic heterocycles. The molecule has 1 aromatic carbocycles. The Bertz CT molecular complexity index is 1170. The van der Waals surface area contributed by atoms with Crippen LogP contribution in [0.3, 0.4) is 0 Å². The number of benzene rings is 1. The maximum absolute atomic E-state index is 14.3. The molecule has 0 bridgehead atoms. The molecule has 1 saturated heterocycles. The number of nitrogens with zero attached hydrogens (tertiary/aromatic N) is 2. The van der Waals surface area contributed by atoms with Gasteiger partial charge in [0.2, 0.25) is 0 Å². The van der Waals surface area contributed by atoms with Crippen LogP contribution in [0.4, 0.5) is 38.3 Å². The fourth-order valence-corrected chi connectivity index (χ4v) is 3.87. The summed E-state index contributed by atoms with van der Waals surface area (Å²) in [5.41, 5.74) is 0.146. The number of likely N-dealkylation sites (tertiary alicyclic amines) is 1. The SMILES string of the molecule is Cc1ccc(Nc2cc(OC(F)(F)F)ccn2)cc1C(=O)N1CC(F)(F)CCC1CNC(=O)OC(C)(C)C. The van der Waals surface area contributed by atoms with Gasteiger partial charge in [-0.15, -0.1) is 13.2 Å². The van der Waals surface area contributed by atoms with E-state index in [0.717, 1.165) is 23.2 Å². The molecule has 1 aromatic heterocycles. The zero-order valence-electron chi connectivity index (χ0n) is 21.3. The molecule has 208 valence electrons. The Labute approximate surface area is 216 Å². The number of carbonyl (C=O) groups is 2. The average molecular weight is 545 g/mol. The van der Waals surface area contributed by atoms with Crippen LogP contribution in [-0.4, -0.2) is 58.9 Å². The third-order valence-electron chi connectivity index (χ3n) is 5.53. The normalized spacial score (nSPS) is 17.5. The molecular formula is C25H29F5N4O4. The highest BCUT2D eigenvalue weighted by atomic mass is 19.4. The number of aryl methyl sites for hydroxylation is 1. The van der Waals surface area contributed by atoms with Gasteiger partial charge in [-0.3, -0.25) is 4.79 Å². The molecule has 2 amide bonds. The van der Waals surface area contributed by atoms with E-state index in [4.69, 9.17) is 4.74 Å². The number of alkyl halides is 5. The lowest BCUT2D eigenvalue weighted by atomic mass is 9.96. The Morgan fingerprint density at radius 2 is 1.87 bits per heavy atom. The van der Waals surface area contributed by atoms with E-state index in [0.29, 0.717) is 11.3 Å². The molecule has 8 nitrogen and oxygen atoms in total. The van der Waals surface area contributed by atoms with Crippen molar-refractivity contribution in [3.63, 3.8) is 0 Å². The van der Waals surface area contributed by atoms with Gasteiger partial charge in [-0.1, -0.05) is 6.07 Å². The number of piperidine rings is 1. The number of halogens is 5. The number of rotatable bonds is 6. The topological polar surface area (TPSA) is 92.8 Å². The number of ether oxygens (including phenoxy) is 2. The molecule has 0 saturated carbocycles. The van der Waals surface area contributed by atoms with E-state index >= 15 is 0 Å². The Balaban J connectivity index is 1.80. The lowest BCUT2D eigenvalue weighted by molar-refractivity contribution is -0.274. The highest BCUT2D eigenvalue weighted by Gasteiger charge is 2.42. The molecule has 38 heavy (non-hydrogen) atoms. The summed E-state index contributed by atoms with van der Waals surface area (Å²) in [6.45, 7) is 5.77. The van der Waals surface area contributed by atoms with Crippen LogP contribution in [0.5, 0.6) is 5.75 Å². The molecule has 0 radical (unpaired) electrons. The number of pyridine rings is 1. The molecule has 0 aliphatic carbocycles. The minimum atomic E-state index is -4.88. The number of carbonyl (C=O) groups excluding carboxylic acids is 2. The average Bonchev–Trinajstić information content (AvgIpc) is 2.76. The molecule has 1 unspecified atom stereocenters. The van der Waals surface area contributed by atoms with Crippen LogP contribution in [0.2, 0.25) is 0 Å². The van der Waals surface area contributed by atoms with E-state index < -0.39 is 54.6 Å². The van der Waals surface area contributed by atoms with Crippen molar-refractivity contribution in [3.8, 4) is 5.75 Å². The van der Waals surface area contributed by atoms with Gasteiger partial charge in [-0.2, -0.15) is 0 Å². The second-order valence-electron chi connectivity index (χ2n) is 9.94. The summed E-state index contributed by atoms with van der Waals surface area (Å²) in [4.78, 5) is 30.5. The molecule has 13 heteroatoms. The van der Waals surface area contributed by atoms with Crippen molar-refractivity contribution in [1.82, 2.24) is 15.2 Å². The van der Waals surface area contributed by atoms with Gasteiger partial charge >= 0.3 is 12.5 Å². The maximum atomic E-state index is 14.3. The van der Waals surface area contributed by atoms with Crippen molar-refractivity contribution in [2.45, 2.75) is 64.5 Å². The highest BCUT2D eigenvalue weighted by molar-refractivity contribution is 5.97. The molecule has 1 atom stereocenters. The first kappa shape index (κ1) is 28.9. The lowest BCUT2D eigenvalue weighted by Gasteiger charge is -2.40. The molecule has 1 aliphatic rings. The summed E-state index contributed by atoms with van der Waals surface area (Å²) < 4.78 is 75.3. The lowest BCUT2D eigenvalue weighted by Crippen LogP contribution is -2.55. The first-order valence-electron chi connectivity index (χ1n) is 11.8. The number of alkyl carbamates (subject to hydrolysis) is 1. The molecule has 3 rings (SSSR count). The molecule has 2 N–H and O–H groups in total. The van der Waals surface area contributed by atoms with Crippen LogP contribution < -0.4 is 15.4 Å². The Morgan fingerprint density at radius 1 is 1.16 bits per heavy atom. The number of anilines is 2. The van der Waals surface area contributed by atoms with Crippen LogP contribution >= 0.6 is 0 Å². The first-order valence-corrected chi connectivity index (χ1v) is 11.8. The summed E-state index contributed by atoms with van der Waals surface area (Å²) in [6, 6.07) is 5.90. The van der Waals surface area contributed by atoms with E-state index in [1.807, 2.05) is 0 Å². The first-order chi connectivity index (χ1) is 17.5. The predicted molar refractivity (Wildman–Crippen MR) is 129 cm³/mol. The van der Waals surface area contributed by atoms with Gasteiger partial charge in [0.25, 0.3) is 11.8 Å². The van der Waals surface area contributed by atoms with Crippen LogP contribution in [0, 0.1) is 6.92 Å². The van der Waals surface area contributed by atoms with Crippen molar-refractivity contribution in [3.05, 3.63) is 47.7 Å². The van der Waals surface area contributed by atoms with Crippen molar-refractivity contribution >= 4 is 23.5 Å². The summed E-state index contributed by atoms with van der Waals surface area (Å²) in [5.74, 6) is -4.26. The fourth-order valence-electron chi connectivity index (χ4n) is 3.87. The second-order valence-corrected chi connectivity index (χ2v) is 9.94. The van der Waals surface area contributed by atoms with Gasteiger partial charge in [0.15, 0.2) is 0 Å². The highest BCUT2D eigenvalue weighted by Crippen LogP contribution is 2.32. The van der Waals surface area contributed by atoms with Gasteiger partial charge in [0, 0.05) is 42.5 Å². The zero-order valence-corrected chi connectivity index (χ0v) is 21.3. The summed E-state index contributed by atoms with van der Waals surface area (Å²) in [5, 5.41) is 5.33. The number of hydrogen-bond acceptors (Lipinski definition) is 6. The summed E-state index contributed by atoms with van der Waals surface area (Å²) in [6.07, 6.45) is -4.98. The van der Waals surface area contributed by atoms with Gasteiger partial charge in [-0.05, 0) is 57.9 Å². The van der Waals surface area contributed by atoms with Crippen molar-refractivity contribution in [2.75, 3.05) is 18.4 Å². The Kier molecular flexibility index (Phi) is 8.37. The van der Waals surface area contributed by atoms with Gasteiger partial charge in [0.1, 0.15) is 17.2 Å². The van der Waals surface area contributed by atoms with E-state index in [2.05, 4.69) is 20.4 Å². The fraction of sp³-hybridized carbons (Fsp3) is 0.480. The molecular weight excluding hydrogens is 515 g/mol. The van der Waals surface area contributed by atoms with Gasteiger partial charge < -0.3 is 25.0 Å². The predicted octanol–water partition coefficient (Wildman–Crippen LogP) is 5.80. The van der Waals surface area contributed by atoms with Crippen LogP contribution in [0.1, 0.15) is 49.5 Å². The summed E-state index contributed by atoms with van der Waals surface area (Å²) in [7, 11) is 0. The Morgan fingerprint density at radius 3 is 2.53 bits per heavy atom. The number of aromatic nitrogens is 1. The largest absolute Gasteiger partial charge is 0.573 e. The second kappa shape index (κ2) is 11.0. The van der Waals surface area contributed by atoms with Crippen molar-refractivity contribution in [2.24, 2.45) is 0 Å². The van der Waals surface area contributed by atoms with Gasteiger partial charge in [-0.25, -0.2) is 18.6 Å². The molecule has 2 heterocycles. The quantitative estimate of drug-likeness (QED) is 0.447. The minimum Gasteiger partial charge on any atom is -0.444 e. The number of nitrogens with one attached hydrogen (secondary N) is 2. The summed E-state index contributed by atoms with van der Waals surface area (Å²) >= 11 is 0. The molecule has 1 fully saturated rings. The standard InChI is InChI=1S/C25H29F5N4O4/c1-15-5-6-16(33-20-12-18(8-10-31-20)37-25(28,29)30)11-19(15)21(35)34-14-24(26,27)9-7-17(34)13-32-22(36)38-23(2,3)4/h5-6,8,10-12,17H,7,9,13-14H2,1-4H3,(H,31,33)(H,32,36). The van der Waals surface area contributed by atoms with E-state index in [-0.39, 0.29) is 24.3 Å². The molecule has 2 aromatic rings. The van der Waals surface area contributed by atoms with Crippen LogP contribution in [0.15, 0.2) is 36.5 Å². The van der Waals surface area contributed by atoms with Gasteiger partial charge in [0.05, 0.1) is 6.54 Å². The monoisotopic (exact) mass is 544 g/mol. The Hall–Kier alpha value is -3.64. The number of hydrogen-bond donors (Lipinski definition) is 2. The van der Waals surface area contributed by atoms with E-state index in [1.165, 1.54) is 6.07 Å². The minimum absolute atomic E-state index is 0.0120. The number of amides is 2. The van der Waals surface area contributed by atoms with Crippen molar-refractivity contribution < 1.29 is 41.0 Å². The third kappa shape index (κ3) is 8.45. The maximum Gasteiger partial charge on any atom is 0.573 e. The van der Waals surface area contributed by atoms with E-state index in [1.54, 1.807) is 39.8 Å². The third-order valence-corrected chi connectivity index (χ3v) is 5.53. The zero-order chi connectivity index (χ0) is 28.3. The van der Waals surface area contributed by atoms with Crippen LogP contribution in [-0.2, 0) is 4.74 Å². The smallest absolute Gasteiger partial charge is 0.444 e. The van der Waals surface area contributed by atoms with Crippen LogP contribution in [0.25, 0.3) is 0 Å². The molecule has 0 spiro atoms.